The predicted molar refractivity (Wildman–Crippen MR) is 281 cm³/mol. The first-order valence-electron chi connectivity index (χ1n) is 22.9. The average molecular weight is 864 g/mol. The molecule has 11 rings (SSSR count). The lowest BCUT2D eigenvalue weighted by Gasteiger charge is -2.34. The van der Waals surface area contributed by atoms with Gasteiger partial charge in [-0.15, -0.1) is 0 Å². The van der Waals surface area contributed by atoms with E-state index in [9.17, 15) is 0 Å². The highest BCUT2D eigenvalue weighted by molar-refractivity contribution is 6.11. The molecule has 0 spiro atoms. The Hall–Kier alpha value is -8.54. The van der Waals surface area contributed by atoms with Gasteiger partial charge in [-0.3, -0.25) is 0 Å². The second-order valence-electron chi connectivity index (χ2n) is 17.4. The number of hydrogen-bond acceptors (Lipinski definition) is 4. The Kier molecular flexibility index (Phi) is 10.7. The average Bonchev–Trinajstić information content (AvgIpc) is 3.70. The molecule has 5 nitrogen and oxygen atoms in total. The van der Waals surface area contributed by atoms with E-state index < -0.39 is 0 Å². The highest BCUT2D eigenvalue weighted by Gasteiger charge is 2.29. The third kappa shape index (κ3) is 7.91. The molecule has 9 aromatic carbocycles. The Morgan fingerprint density at radius 2 is 0.672 bits per heavy atom. The molecule has 0 amide bonds. The molecule has 0 aliphatic rings. The van der Waals surface area contributed by atoms with Crippen molar-refractivity contribution in [1.82, 2.24) is 14.5 Å². The fourth-order valence-corrected chi connectivity index (χ4v) is 9.18. The molecule has 2 aromatic heterocycles. The first kappa shape index (κ1) is 41.2. The van der Waals surface area contributed by atoms with E-state index in [0.29, 0.717) is 5.82 Å². The van der Waals surface area contributed by atoms with E-state index in [4.69, 9.17) is 9.97 Å². The molecule has 0 unspecified atom stereocenters. The van der Waals surface area contributed by atoms with Crippen LogP contribution in [-0.4, -0.2) is 14.5 Å². The van der Waals surface area contributed by atoms with Gasteiger partial charge in [-0.1, -0.05) is 168 Å². The summed E-state index contributed by atoms with van der Waals surface area (Å²) in [4.78, 5) is 15.5. The first-order valence-corrected chi connectivity index (χ1v) is 22.9. The molecule has 0 aliphatic carbocycles. The van der Waals surface area contributed by atoms with Crippen LogP contribution in [0.25, 0.3) is 61.4 Å². The number of aromatic nitrogens is 3. The zero-order valence-corrected chi connectivity index (χ0v) is 38.1. The Balaban J connectivity index is 1.34. The summed E-state index contributed by atoms with van der Waals surface area (Å²) >= 11 is 0. The van der Waals surface area contributed by atoms with Crippen LogP contribution in [0.1, 0.15) is 22.3 Å². The van der Waals surface area contributed by atoms with E-state index in [0.717, 1.165) is 78.9 Å². The Morgan fingerprint density at radius 3 is 1.07 bits per heavy atom. The minimum Gasteiger partial charge on any atom is -0.308 e. The molecular weight excluding hydrogens is 815 g/mol. The Bertz CT molecular complexity index is 3200. The number of fused-ring (bicyclic) bond motifs is 3. The maximum atomic E-state index is 5.47. The minimum absolute atomic E-state index is 0.661. The van der Waals surface area contributed by atoms with E-state index >= 15 is 0 Å². The number of hydrogen-bond donors (Lipinski definition) is 0. The topological polar surface area (TPSA) is 37.2 Å². The Morgan fingerprint density at radius 1 is 0.328 bits per heavy atom. The van der Waals surface area contributed by atoms with Crippen molar-refractivity contribution in [2.24, 2.45) is 0 Å². The lowest BCUT2D eigenvalue weighted by Crippen LogP contribution is -2.18. The van der Waals surface area contributed by atoms with Crippen molar-refractivity contribution in [3.63, 3.8) is 0 Å². The summed E-state index contributed by atoms with van der Waals surface area (Å²) < 4.78 is 2.48. The summed E-state index contributed by atoms with van der Waals surface area (Å²) in [6.07, 6.45) is 0. The van der Waals surface area contributed by atoms with Gasteiger partial charge in [0.1, 0.15) is 0 Å². The molecule has 0 aliphatic heterocycles. The van der Waals surface area contributed by atoms with Crippen molar-refractivity contribution in [3.05, 3.63) is 247 Å². The number of para-hydroxylation sites is 2. The lowest BCUT2D eigenvalue weighted by atomic mass is 10.0. The van der Waals surface area contributed by atoms with Gasteiger partial charge < -0.3 is 14.4 Å². The van der Waals surface area contributed by atoms with Gasteiger partial charge in [-0.05, 0) is 107 Å². The van der Waals surface area contributed by atoms with Crippen LogP contribution in [0.4, 0.5) is 34.1 Å². The van der Waals surface area contributed by atoms with Crippen LogP contribution in [0.2, 0.25) is 0 Å². The van der Waals surface area contributed by atoms with Crippen LogP contribution in [0.3, 0.4) is 0 Å². The van der Waals surface area contributed by atoms with E-state index in [1.165, 1.54) is 33.0 Å². The van der Waals surface area contributed by atoms with Crippen LogP contribution < -0.4 is 9.80 Å². The van der Waals surface area contributed by atoms with Gasteiger partial charge in [0, 0.05) is 50.2 Å². The van der Waals surface area contributed by atoms with Crippen molar-refractivity contribution < 1.29 is 0 Å². The molecule has 0 saturated heterocycles. The van der Waals surface area contributed by atoms with Gasteiger partial charge in [0.15, 0.2) is 5.82 Å². The second-order valence-corrected chi connectivity index (χ2v) is 17.4. The molecule has 2 heterocycles. The molecule has 0 fully saturated rings. The number of benzene rings is 9. The van der Waals surface area contributed by atoms with Crippen molar-refractivity contribution in [2.75, 3.05) is 9.80 Å². The van der Waals surface area contributed by atoms with E-state index in [1.807, 2.05) is 24.3 Å². The van der Waals surface area contributed by atoms with Gasteiger partial charge in [-0.2, -0.15) is 0 Å². The molecule has 11 aromatic rings. The summed E-state index contributed by atoms with van der Waals surface area (Å²) in [5.41, 5.74) is 18.7. The first-order chi connectivity index (χ1) is 32.9. The van der Waals surface area contributed by atoms with E-state index in [2.05, 4.69) is 242 Å². The van der Waals surface area contributed by atoms with E-state index in [-0.39, 0.29) is 0 Å². The molecule has 0 bridgehead atoms. The van der Waals surface area contributed by atoms with Crippen molar-refractivity contribution in [3.8, 4) is 39.6 Å². The normalized spacial score (nSPS) is 11.3. The maximum absolute atomic E-state index is 5.47. The standard InChI is InChI=1S/C62H49N5/c1-42-23-31-49(32-24-42)65(50-33-25-43(2)26-34-50)59-39-48(56-41-55(46-15-7-5-8-16-46)63-62(64-56)47-17-9-6-10-18-47)40-60(66(51-35-27-44(3)28-36-51)52-37-29-45(4)30-38-52)61(59)67-57-21-13-11-19-53(57)54-20-12-14-22-58(54)67/h5-41H,1-4H3. The summed E-state index contributed by atoms with van der Waals surface area (Å²) in [7, 11) is 0. The summed E-state index contributed by atoms with van der Waals surface area (Å²) in [5, 5.41) is 2.37. The summed E-state index contributed by atoms with van der Waals surface area (Å²) in [6.45, 7) is 8.58. The third-order valence-corrected chi connectivity index (χ3v) is 12.6. The predicted octanol–water partition coefficient (Wildman–Crippen LogP) is 16.7. The number of nitrogens with zero attached hydrogens (tertiary/aromatic N) is 5. The van der Waals surface area contributed by atoms with Crippen LogP contribution in [-0.2, 0) is 0 Å². The Labute approximate surface area is 392 Å². The SMILES string of the molecule is Cc1ccc(N(c2ccc(C)cc2)c2cc(-c3cc(-c4ccccc4)nc(-c4ccccc4)n3)cc(N(c3ccc(C)cc3)c3ccc(C)cc3)c2-n2c3ccccc3c3ccccc32)cc1. The molecule has 0 saturated carbocycles. The number of aryl methyl sites for hydroxylation is 4. The van der Waals surface area contributed by atoms with Crippen LogP contribution in [0.15, 0.2) is 224 Å². The van der Waals surface area contributed by atoms with Gasteiger partial charge >= 0.3 is 0 Å². The zero-order valence-electron chi connectivity index (χ0n) is 38.1. The minimum atomic E-state index is 0.661. The largest absolute Gasteiger partial charge is 0.308 e. The molecular formula is C62H49N5. The van der Waals surface area contributed by atoms with Gasteiger partial charge in [0.2, 0.25) is 0 Å². The van der Waals surface area contributed by atoms with E-state index in [1.54, 1.807) is 0 Å². The third-order valence-electron chi connectivity index (χ3n) is 12.6. The highest BCUT2D eigenvalue weighted by atomic mass is 15.2. The fourth-order valence-electron chi connectivity index (χ4n) is 9.18. The molecule has 67 heavy (non-hydrogen) atoms. The monoisotopic (exact) mass is 863 g/mol. The van der Waals surface area contributed by atoms with Crippen LogP contribution in [0, 0.1) is 27.7 Å². The van der Waals surface area contributed by atoms with Crippen LogP contribution >= 0.6 is 0 Å². The van der Waals surface area contributed by atoms with Crippen molar-refractivity contribution in [1.29, 1.82) is 0 Å². The smallest absolute Gasteiger partial charge is 0.160 e. The zero-order chi connectivity index (χ0) is 45.4. The van der Waals surface area contributed by atoms with Crippen LogP contribution in [0.5, 0.6) is 0 Å². The summed E-state index contributed by atoms with van der Waals surface area (Å²) in [6, 6.07) is 80.7. The number of rotatable bonds is 10. The lowest BCUT2D eigenvalue weighted by molar-refractivity contribution is 1.12. The second kappa shape index (κ2) is 17.4. The van der Waals surface area contributed by atoms with Crippen molar-refractivity contribution >= 4 is 55.9 Å². The van der Waals surface area contributed by atoms with Gasteiger partial charge in [-0.25, -0.2) is 9.97 Å². The quantitative estimate of drug-likeness (QED) is 0.137. The fraction of sp³-hybridized carbons (Fsp3) is 0.0645. The number of anilines is 6. The van der Waals surface area contributed by atoms with Gasteiger partial charge in [0.05, 0.1) is 39.5 Å². The molecule has 5 heteroatoms. The molecule has 0 atom stereocenters. The molecule has 0 radical (unpaired) electrons. The highest BCUT2D eigenvalue weighted by Crippen LogP contribution is 2.51. The summed E-state index contributed by atoms with van der Waals surface area (Å²) in [5.74, 6) is 0.661. The van der Waals surface area contributed by atoms with Gasteiger partial charge in [0.25, 0.3) is 0 Å². The molecule has 0 N–H and O–H groups in total. The van der Waals surface area contributed by atoms with Crippen molar-refractivity contribution in [2.45, 2.75) is 27.7 Å². The maximum Gasteiger partial charge on any atom is 0.160 e. The molecule has 322 valence electrons.